The van der Waals surface area contributed by atoms with Crippen molar-refractivity contribution in [3.05, 3.63) is 36.0 Å². The summed E-state index contributed by atoms with van der Waals surface area (Å²) in [5.74, 6) is -1.46. The van der Waals surface area contributed by atoms with Crippen LogP contribution >= 0.6 is 0 Å². The molecule has 1 aliphatic heterocycles. The molecule has 0 radical (unpaired) electrons. The third-order valence-corrected chi connectivity index (χ3v) is 6.16. The minimum atomic E-state index is -3.80. The minimum Gasteiger partial charge on any atom is -0.390 e. The fourth-order valence-electron chi connectivity index (χ4n) is 3.83. The van der Waals surface area contributed by atoms with Gasteiger partial charge < -0.3 is 15.0 Å². The van der Waals surface area contributed by atoms with E-state index in [0.717, 1.165) is 31.5 Å². The van der Waals surface area contributed by atoms with Gasteiger partial charge >= 0.3 is 0 Å². The molecule has 0 amide bonds. The number of hydrogen-bond acceptors (Lipinski definition) is 5. The van der Waals surface area contributed by atoms with Gasteiger partial charge in [0.1, 0.15) is 22.2 Å². The molecule has 1 fully saturated rings. The van der Waals surface area contributed by atoms with E-state index in [9.17, 15) is 22.3 Å². The molecule has 2 aromatic heterocycles. The predicted molar refractivity (Wildman–Crippen MR) is 97.4 cm³/mol. The van der Waals surface area contributed by atoms with Gasteiger partial charge in [-0.2, -0.15) is 0 Å². The van der Waals surface area contributed by atoms with Crippen LogP contribution in [0.3, 0.4) is 0 Å². The zero-order valence-electron chi connectivity index (χ0n) is 14.6. The molecule has 3 heterocycles. The fraction of sp³-hybridized carbons (Fsp3) is 0.389. The zero-order valence-corrected chi connectivity index (χ0v) is 15.4. The van der Waals surface area contributed by atoms with Crippen LogP contribution in [-0.2, 0) is 9.84 Å². The van der Waals surface area contributed by atoms with Crippen LogP contribution in [0.5, 0.6) is 0 Å². The van der Waals surface area contributed by atoms with Crippen LogP contribution in [-0.4, -0.2) is 48.5 Å². The van der Waals surface area contributed by atoms with E-state index in [-0.39, 0.29) is 0 Å². The van der Waals surface area contributed by atoms with Gasteiger partial charge in [-0.1, -0.05) is 0 Å². The first-order chi connectivity index (χ1) is 12.8. The molecule has 0 aliphatic carbocycles. The second-order valence-corrected chi connectivity index (χ2v) is 8.93. The lowest BCUT2D eigenvalue weighted by Gasteiger charge is -2.23. The van der Waals surface area contributed by atoms with E-state index in [1.807, 2.05) is 0 Å². The van der Waals surface area contributed by atoms with E-state index in [0.29, 0.717) is 34.9 Å². The Morgan fingerprint density at radius 1 is 1.26 bits per heavy atom. The molecule has 9 heteroatoms. The van der Waals surface area contributed by atoms with Crippen molar-refractivity contribution in [2.75, 3.05) is 19.3 Å². The second kappa shape index (κ2) is 6.50. The summed E-state index contributed by atoms with van der Waals surface area (Å²) in [6, 6.07) is 3.22. The van der Waals surface area contributed by atoms with Crippen molar-refractivity contribution in [1.29, 1.82) is 0 Å². The Morgan fingerprint density at radius 3 is 2.78 bits per heavy atom. The molecule has 3 aromatic rings. The minimum absolute atomic E-state index is 0.367. The number of β-amino-alcohol motifs (C(OH)–C–C–N with tert-alkyl or cyclic N) is 1. The number of pyridine rings is 1. The van der Waals surface area contributed by atoms with Crippen molar-refractivity contribution in [1.82, 2.24) is 14.9 Å². The number of nitrogens with zero attached hydrogens (tertiary/aromatic N) is 2. The Bertz CT molecular complexity index is 1140. The quantitative estimate of drug-likeness (QED) is 0.695. The molecule has 2 atom stereocenters. The molecule has 27 heavy (non-hydrogen) atoms. The van der Waals surface area contributed by atoms with Crippen molar-refractivity contribution in [3.63, 3.8) is 0 Å². The fourth-order valence-corrected chi connectivity index (χ4v) is 4.57. The van der Waals surface area contributed by atoms with Gasteiger partial charge in [-0.25, -0.2) is 22.2 Å². The Hall–Kier alpha value is -2.10. The monoisotopic (exact) mass is 395 g/mol. The average molecular weight is 395 g/mol. The van der Waals surface area contributed by atoms with Gasteiger partial charge in [-0.15, -0.1) is 0 Å². The van der Waals surface area contributed by atoms with Crippen LogP contribution in [0, 0.1) is 11.6 Å². The van der Waals surface area contributed by atoms with E-state index >= 15 is 0 Å². The average Bonchev–Trinajstić information content (AvgIpc) is 2.73. The number of benzene rings is 1. The van der Waals surface area contributed by atoms with Crippen LogP contribution < -0.4 is 5.32 Å². The Labute approximate surface area is 154 Å². The molecule has 1 aliphatic rings. The molecule has 2 N–H and O–H groups in total. The molecule has 4 rings (SSSR count). The molecule has 144 valence electrons. The standard InChI is InChI=1S/C18H19F2N3O3S/c1-27(25,26)17-7-15-11(6-13(17)20)12-5-10(19)8-22-18(12)23(15)14-3-2-4-21-9-16(14)24/h5-8,14,16,21,24H,2-4,9H2,1H3/t14-,16-/m0/s1. The first kappa shape index (κ1) is 18.3. The normalized spacial score (nSPS) is 21.6. The highest BCUT2D eigenvalue weighted by molar-refractivity contribution is 7.90. The van der Waals surface area contributed by atoms with E-state index in [1.54, 1.807) is 4.57 Å². The van der Waals surface area contributed by atoms with E-state index in [1.165, 1.54) is 12.1 Å². The molecule has 6 nitrogen and oxygen atoms in total. The summed E-state index contributed by atoms with van der Waals surface area (Å²) in [5, 5.41) is 14.5. The van der Waals surface area contributed by atoms with Gasteiger partial charge in [0.05, 0.1) is 23.9 Å². The smallest absolute Gasteiger partial charge is 0.178 e. The van der Waals surface area contributed by atoms with Crippen LogP contribution in [0.2, 0.25) is 0 Å². The third kappa shape index (κ3) is 3.09. The maximum atomic E-state index is 14.5. The van der Waals surface area contributed by atoms with Crippen molar-refractivity contribution >= 4 is 31.8 Å². The number of halogens is 2. The van der Waals surface area contributed by atoms with Crippen molar-refractivity contribution in [2.24, 2.45) is 0 Å². The summed E-state index contributed by atoms with van der Waals surface area (Å²) < 4.78 is 54.0. The largest absolute Gasteiger partial charge is 0.390 e. The molecule has 1 saturated heterocycles. The lowest BCUT2D eigenvalue weighted by molar-refractivity contribution is 0.119. The first-order valence-corrected chi connectivity index (χ1v) is 10.5. The van der Waals surface area contributed by atoms with Gasteiger partial charge in [0, 0.05) is 23.6 Å². The molecule has 0 spiro atoms. The number of fused-ring (bicyclic) bond motifs is 3. The Morgan fingerprint density at radius 2 is 2.04 bits per heavy atom. The number of rotatable bonds is 2. The summed E-state index contributed by atoms with van der Waals surface area (Å²) in [6.45, 7) is 1.11. The van der Waals surface area contributed by atoms with Crippen LogP contribution in [0.4, 0.5) is 8.78 Å². The predicted octanol–water partition coefficient (Wildman–Crippen LogP) is 2.16. The highest BCUT2D eigenvalue weighted by Gasteiger charge is 2.28. The number of hydrogen-bond donors (Lipinski definition) is 2. The number of nitrogens with one attached hydrogen (secondary N) is 1. The summed E-state index contributed by atoms with van der Waals surface area (Å²) in [4.78, 5) is 3.73. The first-order valence-electron chi connectivity index (χ1n) is 8.65. The van der Waals surface area contributed by atoms with Crippen molar-refractivity contribution < 1.29 is 22.3 Å². The maximum Gasteiger partial charge on any atom is 0.178 e. The Balaban J connectivity index is 2.10. The molecule has 1 aromatic carbocycles. The van der Waals surface area contributed by atoms with Gasteiger partial charge in [0.15, 0.2) is 9.84 Å². The SMILES string of the molecule is CS(=O)(=O)c1cc2c(cc1F)c1cc(F)cnc1n2[C@H]1CCCNC[C@@H]1O. The van der Waals surface area contributed by atoms with Gasteiger partial charge in [0.25, 0.3) is 0 Å². The molecular formula is C18H19F2N3O3S. The summed E-state index contributed by atoms with van der Waals surface area (Å²) >= 11 is 0. The van der Waals surface area contributed by atoms with Crippen LogP contribution in [0.1, 0.15) is 18.9 Å². The highest BCUT2D eigenvalue weighted by atomic mass is 32.2. The van der Waals surface area contributed by atoms with E-state index in [4.69, 9.17) is 0 Å². The second-order valence-electron chi connectivity index (χ2n) is 6.95. The number of sulfone groups is 1. The highest BCUT2D eigenvalue weighted by Crippen LogP contribution is 2.36. The molecule has 0 unspecified atom stereocenters. The number of aromatic nitrogens is 2. The van der Waals surface area contributed by atoms with E-state index < -0.39 is 38.5 Å². The number of aliphatic hydroxyl groups is 1. The van der Waals surface area contributed by atoms with Crippen LogP contribution in [0.25, 0.3) is 21.9 Å². The van der Waals surface area contributed by atoms with Gasteiger partial charge in [-0.05, 0) is 37.6 Å². The summed E-state index contributed by atoms with van der Waals surface area (Å²) in [6.07, 6.45) is 2.67. The summed E-state index contributed by atoms with van der Waals surface area (Å²) in [7, 11) is -3.80. The van der Waals surface area contributed by atoms with Crippen molar-refractivity contribution in [2.45, 2.75) is 29.9 Å². The van der Waals surface area contributed by atoms with E-state index in [2.05, 4.69) is 10.3 Å². The van der Waals surface area contributed by atoms with Crippen molar-refractivity contribution in [3.8, 4) is 0 Å². The topological polar surface area (TPSA) is 84.2 Å². The lowest BCUT2D eigenvalue weighted by Crippen LogP contribution is -2.31. The summed E-state index contributed by atoms with van der Waals surface area (Å²) in [5.41, 5.74) is 0.804. The molecule has 0 saturated carbocycles. The lowest BCUT2D eigenvalue weighted by atomic mass is 10.1. The molecule has 0 bridgehead atoms. The number of aliphatic hydroxyl groups excluding tert-OH is 1. The van der Waals surface area contributed by atoms with Gasteiger partial charge in [-0.3, -0.25) is 0 Å². The zero-order chi connectivity index (χ0) is 19.3. The maximum absolute atomic E-state index is 14.5. The Kier molecular flexibility index (Phi) is 4.40. The van der Waals surface area contributed by atoms with Crippen LogP contribution in [0.15, 0.2) is 29.3 Å². The molecular weight excluding hydrogens is 376 g/mol. The third-order valence-electron chi connectivity index (χ3n) is 5.04. The van der Waals surface area contributed by atoms with Gasteiger partial charge in [0.2, 0.25) is 0 Å².